The number of azo groups is 1. The van der Waals surface area contributed by atoms with Gasteiger partial charge in [-0.05, 0) is 41.1 Å². The maximum absolute atomic E-state index is 11.8. The molecule has 0 aliphatic heterocycles. The van der Waals surface area contributed by atoms with Gasteiger partial charge in [-0.25, -0.2) is 4.68 Å². The Morgan fingerprint density at radius 3 is 2.20 bits per heavy atom. The van der Waals surface area contributed by atoms with Gasteiger partial charge >= 0.3 is 5.69 Å². The summed E-state index contributed by atoms with van der Waals surface area (Å²) in [5, 5.41) is 49.6. The zero-order chi connectivity index (χ0) is 28.7. The number of non-ortho nitro benzene ring substituents is 2. The number of nitrogens with zero attached hydrogens (tertiary/aromatic N) is 7. The van der Waals surface area contributed by atoms with Gasteiger partial charge in [-0.3, -0.25) is 30.3 Å². The van der Waals surface area contributed by atoms with Gasteiger partial charge in [0.2, 0.25) is 0 Å². The zero-order valence-corrected chi connectivity index (χ0v) is 20.6. The van der Waals surface area contributed by atoms with Crippen LogP contribution < -0.4 is 0 Å². The first-order chi connectivity index (χ1) is 19.8. The molecule has 0 N–H and O–H groups in total. The second-order valence-electron chi connectivity index (χ2n) is 8.78. The molecule has 14 nitrogen and oxygen atoms in total. The van der Waals surface area contributed by atoms with E-state index in [1.807, 2.05) is 36.4 Å². The average molecular weight is 549 g/mol. The molecule has 0 aliphatic carbocycles. The Morgan fingerprint density at radius 2 is 1.46 bits per heavy atom. The average Bonchev–Trinajstić information content (AvgIpc) is 3.60. The lowest BCUT2D eigenvalue weighted by Gasteiger charge is -2.02. The van der Waals surface area contributed by atoms with Crippen LogP contribution in [0.15, 0.2) is 106 Å². The fourth-order valence-corrected chi connectivity index (χ4v) is 4.36. The van der Waals surface area contributed by atoms with Gasteiger partial charge in [-0.1, -0.05) is 30.3 Å². The van der Waals surface area contributed by atoms with Crippen molar-refractivity contribution in [3.63, 3.8) is 0 Å². The van der Waals surface area contributed by atoms with Crippen LogP contribution in [-0.4, -0.2) is 24.6 Å². The molecule has 4 aromatic carbocycles. The molecule has 0 bridgehead atoms. The minimum absolute atomic E-state index is 0.0415. The fourth-order valence-electron chi connectivity index (χ4n) is 4.36. The molecular formula is C27H15N7O7. The largest absolute Gasteiger partial charge is 0.454 e. The molecule has 0 atom stereocenters. The Kier molecular flexibility index (Phi) is 5.96. The van der Waals surface area contributed by atoms with Gasteiger partial charge < -0.3 is 4.42 Å². The molecule has 0 fully saturated rings. The minimum Gasteiger partial charge on any atom is -0.454 e. The SMILES string of the molecule is O=[N+]([O-])c1ccc(N=Nc2cn(-c3ccc([N+](=O)[O-])cc3[N+](=O)[O-])nc2-c2cc3c(ccc4ccccc43)o2)cc1. The van der Waals surface area contributed by atoms with Gasteiger partial charge in [-0.15, -0.1) is 5.11 Å². The standard InChI is InChI=1S/C27H15N7O7/c35-32(36)18-8-6-17(7-9-18)28-29-22-15-31(23-11-10-19(33(37)38)13-24(23)34(39)40)30-27(22)26-14-21-20-4-2-1-3-16(20)5-12-25(21)41-26/h1-15H. The molecule has 0 amide bonds. The Bertz CT molecular complexity index is 2050. The van der Waals surface area contributed by atoms with E-state index < -0.39 is 26.1 Å². The minimum atomic E-state index is -0.741. The van der Waals surface area contributed by atoms with Gasteiger partial charge in [0.25, 0.3) is 11.4 Å². The second-order valence-corrected chi connectivity index (χ2v) is 8.78. The van der Waals surface area contributed by atoms with E-state index in [9.17, 15) is 30.3 Å². The molecule has 200 valence electrons. The molecule has 41 heavy (non-hydrogen) atoms. The Balaban J connectivity index is 1.51. The van der Waals surface area contributed by atoms with E-state index in [2.05, 4.69) is 15.3 Å². The second kappa shape index (κ2) is 9.77. The van der Waals surface area contributed by atoms with Crippen molar-refractivity contribution >= 4 is 50.2 Å². The highest BCUT2D eigenvalue weighted by molar-refractivity contribution is 6.07. The molecule has 0 saturated heterocycles. The summed E-state index contributed by atoms with van der Waals surface area (Å²) in [6.45, 7) is 0. The van der Waals surface area contributed by atoms with Crippen LogP contribution in [-0.2, 0) is 0 Å². The summed E-state index contributed by atoms with van der Waals surface area (Å²) >= 11 is 0. The molecule has 6 rings (SSSR count). The van der Waals surface area contributed by atoms with Crippen molar-refractivity contribution in [2.45, 2.75) is 0 Å². The van der Waals surface area contributed by atoms with E-state index in [-0.39, 0.29) is 22.8 Å². The normalized spacial score (nSPS) is 11.4. The van der Waals surface area contributed by atoms with Crippen molar-refractivity contribution in [1.82, 2.24) is 9.78 Å². The van der Waals surface area contributed by atoms with E-state index >= 15 is 0 Å². The van der Waals surface area contributed by atoms with Crippen molar-refractivity contribution in [2.75, 3.05) is 0 Å². The number of benzene rings is 4. The van der Waals surface area contributed by atoms with Crippen LogP contribution in [0.5, 0.6) is 0 Å². The van der Waals surface area contributed by atoms with Crippen molar-refractivity contribution in [3.05, 3.63) is 121 Å². The van der Waals surface area contributed by atoms with Crippen LogP contribution in [0.2, 0.25) is 0 Å². The number of nitro groups is 3. The summed E-state index contributed by atoms with van der Waals surface area (Å²) < 4.78 is 7.27. The third-order valence-corrected chi connectivity index (χ3v) is 6.30. The zero-order valence-electron chi connectivity index (χ0n) is 20.6. The van der Waals surface area contributed by atoms with Crippen molar-refractivity contribution in [2.24, 2.45) is 10.2 Å². The van der Waals surface area contributed by atoms with Gasteiger partial charge in [0, 0.05) is 23.6 Å². The molecule has 0 spiro atoms. The summed E-state index contributed by atoms with van der Waals surface area (Å²) in [5.41, 5.74) is 0.109. The number of fused-ring (bicyclic) bond motifs is 3. The number of hydrogen-bond donors (Lipinski definition) is 0. The summed E-state index contributed by atoms with van der Waals surface area (Å²) in [4.78, 5) is 32.0. The molecule has 14 heteroatoms. The fraction of sp³-hybridized carbons (Fsp3) is 0. The summed E-state index contributed by atoms with van der Waals surface area (Å²) in [6.07, 6.45) is 1.38. The highest BCUT2D eigenvalue weighted by Gasteiger charge is 2.24. The monoisotopic (exact) mass is 549 g/mol. The third kappa shape index (κ3) is 4.61. The predicted molar refractivity (Wildman–Crippen MR) is 147 cm³/mol. The van der Waals surface area contributed by atoms with Gasteiger partial charge in [0.05, 0.1) is 32.7 Å². The lowest BCUT2D eigenvalue weighted by molar-refractivity contribution is -0.394. The lowest BCUT2D eigenvalue weighted by Crippen LogP contribution is -2.02. The topological polar surface area (TPSA) is 185 Å². The maximum atomic E-state index is 11.8. The van der Waals surface area contributed by atoms with E-state index in [0.717, 1.165) is 28.3 Å². The van der Waals surface area contributed by atoms with Crippen LogP contribution in [0.25, 0.3) is 38.9 Å². The Hall–Kier alpha value is -6.31. The van der Waals surface area contributed by atoms with Crippen molar-refractivity contribution < 1.29 is 19.2 Å². The molecular weight excluding hydrogens is 534 g/mol. The van der Waals surface area contributed by atoms with Gasteiger partial charge in [-0.2, -0.15) is 10.2 Å². The Morgan fingerprint density at radius 1 is 0.732 bits per heavy atom. The van der Waals surface area contributed by atoms with E-state index in [1.165, 1.54) is 41.2 Å². The number of aromatic nitrogens is 2. The van der Waals surface area contributed by atoms with Crippen molar-refractivity contribution in [1.29, 1.82) is 0 Å². The number of furan rings is 1. The molecule has 0 unspecified atom stereocenters. The quantitative estimate of drug-likeness (QED) is 0.111. The smallest absolute Gasteiger partial charge is 0.301 e. The molecule has 2 aromatic heterocycles. The first-order valence-electron chi connectivity index (χ1n) is 11.9. The van der Waals surface area contributed by atoms with Crippen LogP contribution in [0.4, 0.5) is 28.4 Å². The third-order valence-electron chi connectivity index (χ3n) is 6.30. The first-order valence-corrected chi connectivity index (χ1v) is 11.9. The van der Waals surface area contributed by atoms with Crippen LogP contribution >= 0.6 is 0 Å². The van der Waals surface area contributed by atoms with Crippen LogP contribution in [0.3, 0.4) is 0 Å². The molecule has 0 saturated carbocycles. The van der Waals surface area contributed by atoms with Crippen molar-refractivity contribution in [3.8, 4) is 17.1 Å². The molecule has 0 radical (unpaired) electrons. The summed E-state index contributed by atoms with van der Waals surface area (Å²) in [7, 11) is 0. The van der Waals surface area contributed by atoms with E-state index in [0.29, 0.717) is 17.0 Å². The number of hydrogen-bond acceptors (Lipinski definition) is 10. The first kappa shape index (κ1) is 25.0. The number of rotatable bonds is 7. The van der Waals surface area contributed by atoms with E-state index in [1.54, 1.807) is 6.07 Å². The lowest BCUT2D eigenvalue weighted by atomic mass is 10.1. The van der Waals surface area contributed by atoms with Gasteiger partial charge in [0.15, 0.2) is 11.5 Å². The predicted octanol–water partition coefficient (Wildman–Crippen LogP) is 7.58. The number of nitro benzene ring substituents is 3. The Labute approximate surface area is 228 Å². The van der Waals surface area contributed by atoms with Crippen LogP contribution in [0, 0.1) is 30.3 Å². The molecule has 2 heterocycles. The highest BCUT2D eigenvalue weighted by Crippen LogP contribution is 2.38. The molecule has 6 aromatic rings. The van der Waals surface area contributed by atoms with Crippen LogP contribution in [0.1, 0.15) is 0 Å². The summed E-state index contributed by atoms with van der Waals surface area (Å²) in [6, 6.07) is 21.8. The maximum Gasteiger partial charge on any atom is 0.301 e. The highest BCUT2D eigenvalue weighted by atomic mass is 16.6. The summed E-state index contributed by atoms with van der Waals surface area (Å²) in [5.74, 6) is 0.303. The molecule has 0 aliphatic rings. The van der Waals surface area contributed by atoms with Gasteiger partial charge in [0.1, 0.15) is 17.0 Å². The van der Waals surface area contributed by atoms with E-state index in [4.69, 9.17) is 4.42 Å².